The van der Waals surface area contributed by atoms with Crippen LogP contribution in [0.4, 0.5) is 5.69 Å². The lowest BCUT2D eigenvalue weighted by molar-refractivity contribution is -0.122. The van der Waals surface area contributed by atoms with Crippen LogP contribution in [0.25, 0.3) is 10.8 Å². The van der Waals surface area contributed by atoms with Gasteiger partial charge in [0, 0.05) is 24.7 Å². The highest BCUT2D eigenvalue weighted by Gasteiger charge is 2.32. The second-order valence-corrected chi connectivity index (χ2v) is 10.8. The molecule has 0 bridgehead atoms. The molecule has 0 aliphatic carbocycles. The molecule has 1 aliphatic rings. The van der Waals surface area contributed by atoms with Crippen LogP contribution in [-0.2, 0) is 14.8 Å². The Bertz CT molecular complexity index is 1360. The number of sulfonamides is 1. The summed E-state index contributed by atoms with van der Waals surface area (Å²) in [5.74, 6) is -1.09. The van der Waals surface area contributed by atoms with E-state index < -0.39 is 16.0 Å². The number of anilines is 1. The van der Waals surface area contributed by atoms with Crippen molar-refractivity contribution >= 4 is 38.2 Å². The molecule has 0 amide bonds. The maximum atomic E-state index is 13.1. The largest absolute Gasteiger partial charge is 0.478 e. The number of carboxylic acids is 1. The third kappa shape index (κ3) is 4.98. The van der Waals surface area contributed by atoms with Crippen LogP contribution < -0.4 is 5.32 Å². The molecule has 7 nitrogen and oxygen atoms in total. The summed E-state index contributed by atoms with van der Waals surface area (Å²) in [5.41, 5.74) is 2.76. The normalized spacial score (nSPS) is 15.4. The molecular formula is C26H28N2O5S. The predicted molar refractivity (Wildman–Crippen MR) is 132 cm³/mol. The number of hydrogen-bond donors (Lipinski definition) is 2. The highest BCUT2D eigenvalue weighted by atomic mass is 32.2. The molecule has 1 heterocycles. The van der Waals surface area contributed by atoms with Gasteiger partial charge < -0.3 is 10.4 Å². The number of ketones is 1. The topological polar surface area (TPSA) is 104 Å². The summed E-state index contributed by atoms with van der Waals surface area (Å²) in [5, 5.41) is 14.0. The minimum Gasteiger partial charge on any atom is -0.478 e. The van der Waals surface area contributed by atoms with E-state index in [1.54, 1.807) is 37.3 Å². The van der Waals surface area contributed by atoms with Crippen LogP contribution in [-0.4, -0.2) is 49.2 Å². The van der Waals surface area contributed by atoms with Crippen LogP contribution in [0.5, 0.6) is 0 Å². The maximum Gasteiger partial charge on any atom is 0.335 e. The Morgan fingerprint density at radius 2 is 1.65 bits per heavy atom. The number of nitrogens with one attached hydrogen (secondary N) is 1. The molecule has 0 radical (unpaired) electrons. The van der Waals surface area contributed by atoms with Gasteiger partial charge in [-0.25, -0.2) is 13.2 Å². The van der Waals surface area contributed by atoms with Crippen molar-refractivity contribution in [1.29, 1.82) is 0 Å². The molecule has 0 spiro atoms. The van der Waals surface area contributed by atoms with Crippen molar-refractivity contribution in [3.8, 4) is 0 Å². The van der Waals surface area contributed by atoms with Crippen molar-refractivity contribution in [2.45, 2.75) is 31.6 Å². The van der Waals surface area contributed by atoms with Gasteiger partial charge in [-0.2, -0.15) is 4.31 Å². The SMILES string of the molecule is Cc1ccc(S(=O)(=O)N2CCC(C(=O)CNc3ccc4cc(C(=O)O)ccc4c3)CC2)c(C)c1. The molecule has 8 heteroatoms. The first kappa shape index (κ1) is 23.9. The Morgan fingerprint density at radius 3 is 2.32 bits per heavy atom. The fourth-order valence-electron chi connectivity index (χ4n) is 4.47. The molecule has 178 valence electrons. The van der Waals surface area contributed by atoms with E-state index in [2.05, 4.69) is 5.32 Å². The fraction of sp³-hybridized carbons (Fsp3) is 0.308. The second-order valence-electron chi connectivity index (χ2n) is 8.85. The van der Waals surface area contributed by atoms with Gasteiger partial charge in [0.2, 0.25) is 10.0 Å². The first-order valence-electron chi connectivity index (χ1n) is 11.3. The van der Waals surface area contributed by atoms with Crippen molar-refractivity contribution in [1.82, 2.24) is 4.31 Å². The Morgan fingerprint density at radius 1 is 0.971 bits per heavy atom. The minimum atomic E-state index is -3.57. The first-order valence-corrected chi connectivity index (χ1v) is 12.7. The highest BCUT2D eigenvalue weighted by Crippen LogP contribution is 2.27. The fourth-order valence-corrected chi connectivity index (χ4v) is 6.14. The number of piperidine rings is 1. The zero-order valence-corrected chi connectivity index (χ0v) is 20.1. The number of carbonyl (C=O) groups excluding carboxylic acids is 1. The lowest BCUT2D eigenvalue weighted by Crippen LogP contribution is -2.41. The highest BCUT2D eigenvalue weighted by molar-refractivity contribution is 7.89. The molecule has 1 aliphatic heterocycles. The summed E-state index contributed by atoms with van der Waals surface area (Å²) >= 11 is 0. The summed E-state index contributed by atoms with van der Waals surface area (Å²) in [6, 6.07) is 15.8. The number of carboxylic acid groups (broad SMARTS) is 1. The van der Waals surface area contributed by atoms with Crippen LogP contribution in [0.3, 0.4) is 0 Å². The number of aromatic carboxylic acids is 1. The number of fused-ring (bicyclic) bond motifs is 1. The molecule has 34 heavy (non-hydrogen) atoms. The maximum absolute atomic E-state index is 13.1. The second kappa shape index (κ2) is 9.56. The van der Waals surface area contributed by atoms with Crippen LogP contribution in [0.15, 0.2) is 59.5 Å². The Labute approximate surface area is 199 Å². The molecular weight excluding hydrogens is 452 g/mol. The van der Waals surface area contributed by atoms with Crippen LogP contribution in [0.2, 0.25) is 0 Å². The lowest BCUT2D eigenvalue weighted by atomic mass is 9.93. The van der Waals surface area contributed by atoms with Gasteiger partial charge in [-0.15, -0.1) is 0 Å². The predicted octanol–water partition coefficient (Wildman–Crippen LogP) is 4.24. The van der Waals surface area contributed by atoms with Gasteiger partial charge in [0.15, 0.2) is 5.78 Å². The summed E-state index contributed by atoms with van der Waals surface area (Å²) in [6.07, 6.45) is 1.00. The van der Waals surface area contributed by atoms with Crippen molar-refractivity contribution in [2.24, 2.45) is 5.92 Å². The molecule has 2 N–H and O–H groups in total. The van der Waals surface area contributed by atoms with Crippen molar-refractivity contribution in [3.63, 3.8) is 0 Å². The van der Waals surface area contributed by atoms with E-state index in [-0.39, 0.29) is 23.8 Å². The van der Waals surface area contributed by atoms with E-state index in [1.807, 2.05) is 31.2 Å². The van der Waals surface area contributed by atoms with Gasteiger partial charge in [0.05, 0.1) is 17.0 Å². The van der Waals surface area contributed by atoms with E-state index in [0.29, 0.717) is 30.8 Å². The average molecular weight is 481 g/mol. The van der Waals surface area contributed by atoms with Crippen molar-refractivity contribution < 1.29 is 23.1 Å². The monoisotopic (exact) mass is 480 g/mol. The summed E-state index contributed by atoms with van der Waals surface area (Å²) < 4.78 is 27.6. The average Bonchev–Trinajstić information content (AvgIpc) is 2.81. The number of aryl methyl sites for hydroxylation is 2. The Balaban J connectivity index is 1.35. The van der Waals surface area contributed by atoms with Crippen molar-refractivity contribution in [3.05, 3.63) is 71.3 Å². The number of nitrogens with zero attached hydrogens (tertiary/aromatic N) is 1. The van der Waals surface area contributed by atoms with Gasteiger partial charge in [-0.05, 0) is 73.4 Å². The number of Topliss-reactive ketones (excluding diaryl/α,β-unsaturated/α-hetero) is 1. The molecule has 3 aromatic carbocycles. The Kier molecular flexibility index (Phi) is 6.72. The Hall–Kier alpha value is -3.23. The summed E-state index contributed by atoms with van der Waals surface area (Å²) in [7, 11) is -3.57. The standard InChI is InChI=1S/C26H28N2O5S/c1-17-3-8-25(18(2)13-17)34(32,33)28-11-9-19(10-12-28)24(29)16-27-23-7-6-20-14-22(26(30)31)5-4-21(20)15-23/h3-8,13-15,19,27H,9-12,16H2,1-2H3,(H,30,31). The van der Waals surface area contributed by atoms with E-state index in [0.717, 1.165) is 27.6 Å². The quantitative estimate of drug-likeness (QED) is 0.524. The molecule has 1 fully saturated rings. The summed E-state index contributed by atoms with van der Waals surface area (Å²) in [4.78, 5) is 24.2. The number of benzene rings is 3. The van der Waals surface area contributed by atoms with Crippen LogP contribution in [0.1, 0.15) is 34.3 Å². The molecule has 3 aromatic rings. The molecule has 0 atom stereocenters. The van der Waals surface area contributed by atoms with E-state index >= 15 is 0 Å². The van der Waals surface area contributed by atoms with Gasteiger partial charge in [-0.3, -0.25) is 4.79 Å². The van der Waals surface area contributed by atoms with E-state index in [1.165, 1.54) is 4.31 Å². The van der Waals surface area contributed by atoms with Crippen molar-refractivity contribution in [2.75, 3.05) is 25.0 Å². The molecule has 4 rings (SSSR count). The third-order valence-electron chi connectivity index (χ3n) is 6.41. The van der Waals surface area contributed by atoms with Crippen LogP contribution in [0, 0.1) is 19.8 Å². The van der Waals surface area contributed by atoms with E-state index in [9.17, 15) is 18.0 Å². The number of rotatable bonds is 7. The van der Waals surface area contributed by atoms with E-state index in [4.69, 9.17) is 5.11 Å². The molecule has 0 unspecified atom stereocenters. The molecule has 0 aromatic heterocycles. The lowest BCUT2D eigenvalue weighted by Gasteiger charge is -2.31. The summed E-state index contributed by atoms with van der Waals surface area (Å²) in [6.45, 7) is 4.55. The zero-order chi connectivity index (χ0) is 24.5. The van der Waals surface area contributed by atoms with Crippen LogP contribution >= 0.6 is 0 Å². The molecule has 0 saturated carbocycles. The number of carbonyl (C=O) groups is 2. The van der Waals surface area contributed by atoms with Gasteiger partial charge in [-0.1, -0.05) is 29.8 Å². The zero-order valence-electron chi connectivity index (χ0n) is 19.2. The minimum absolute atomic E-state index is 0.0601. The first-order chi connectivity index (χ1) is 16.1. The smallest absolute Gasteiger partial charge is 0.335 e. The van der Waals surface area contributed by atoms with Gasteiger partial charge in [0.1, 0.15) is 0 Å². The molecule has 1 saturated heterocycles. The third-order valence-corrected chi connectivity index (χ3v) is 8.47. The van der Waals surface area contributed by atoms with Gasteiger partial charge in [0.25, 0.3) is 0 Å². The number of hydrogen-bond acceptors (Lipinski definition) is 5. The van der Waals surface area contributed by atoms with Gasteiger partial charge >= 0.3 is 5.97 Å².